The van der Waals surface area contributed by atoms with Crippen LogP contribution in [0.5, 0.6) is 0 Å². The minimum Gasteiger partial charge on any atom is -0.350 e. The normalized spacial score (nSPS) is 9.77. The Labute approximate surface area is 78.9 Å². The summed E-state index contributed by atoms with van der Waals surface area (Å²) in [7, 11) is 0. The molecular weight excluding hydrogens is 162 g/mol. The highest BCUT2D eigenvalue weighted by Gasteiger charge is 1.97. The number of hydrogen-bond acceptors (Lipinski definition) is 3. The van der Waals surface area contributed by atoms with Gasteiger partial charge in [-0.2, -0.15) is 0 Å². The molecule has 0 aliphatic carbocycles. The van der Waals surface area contributed by atoms with E-state index in [2.05, 4.69) is 21.9 Å². The van der Waals surface area contributed by atoms with Crippen LogP contribution in [0.3, 0.4) is 0 Å². The molecule has 1 N–H and O–H groups in total. The van der Waals surface area contributed by atoms with Crippen molar-refractivity contribution in [3.63, 3.8) is 0 Å². The van der Waals surface area contributed by atoms with Gasteiger partial charge >= 0.3 is 0 Å². The van der Waals surface area contributed by atoms with Gasteiger partial charge in [-0.05, 0) is 26.8 Å². The maximum absolute atomic E-state index is 4.24. The van der Waals surface area contributed by atoms with E-state index in [-0.39, 0.29) is 0 Å². The molecule has 0 aliphatic rings. The van der Waals surface area contributed by atoms with Gasteiger partial charge in [-0.3, -0.25) is 0 Å². The Hall–Kier alpha value is -1.38. The van der Waals surface area contributed by atoms with Crippen LogP contribution in [-0.4, -0.2) is 16.5 Å². The molecule has 0 spiro atoms. The number of nitrogens with zero attached hydrogens (tertiary/aromatic N) is 2. The topological polar surface area (TPSA) is 37.8 Å². The van der Waals surface area contributed by atoms with Gasteiger partial charge in [0.1, 0.15) is 0 Å². The van der Waals surface area contributed by atoms with E-state index in [1.807, 2.05) is 26.8 Å². The van der Waals surface area contributed by atoms with Crippen LogP contribution in [0.2, 0.25) is 0 Å². The second kappa shape index (κ2) is 4.03. The lowest BCUT2D eigenvalue weighted by atomic mass is 10.3. The van der Waals surface area contributed by atoms with Crippen molar-refractivity contribution < 1.29 is 0 Å². The molecule has 70 valence electrons. The SMILES string of the molecule is C=C(C)CNc1nc(C)cc(C)n1. The van der Waals surface area contributed by atoms with Crippen molar-refractivity contribution in [2.75, 3.05) is 11.9 Å². The van der Waals surface area contributed by atoms with E-state index in [4.69, 9.17) is 0 Å². The molecule has 0 bridgehead atoms. The number of hydrogen-bond donors (Lipinski definition) is 1. The van der Waals surface area contributed by atoms with Crippen LogP contribution in [0, 0.1) is 13.8 Å². The van der Waals surface area contributed by atoms with Crippen molar-refractivity contribution in [3.05, 3.63) is 29.6 Å². The third-order valence-electron chi connectivity index (χ3n) is 1.53. The smallest absolute Gasteiger partial charge is 0.223 e. The molecule has 1 heterocycles. The maximum Gasteiger partial charge on any atom is 0.223 e. The molecular formula is C10H15N3. The molecule has 0 aliphatic heterocycles. The summed E-state index contributed by atoms with van der Waals surface area (Å²) >= 11 is 0. The molecule has 13 heavy (non-hydrogen) atoms. The van der Waals surface area contributed by atoms with Crippen molar-refractivity contribution in [3.8, 4) is 0 Å². The number of aryl methyl sites for hydroxylation is 2. The molecule has 3 heteroatoms. The Bertz CT molecular complexity index is 298. The fraction of sp³-hybridized carbons (Fsp3) is 0.400. The summed E-state index contributed by atoms with van der Waals surface area (Å²) < 4.78 is 0. The van der Waals surface area contributed by atoms with Gasteiger partial charge in [-0.25, -0.2) is 9.97 Å². The van der Waals surface area contributed by atoms with Crippen LogP contribution in [0.4, 0.5) is 5.95 Å². The number of rotatable bonds is 3. The van der Waals surface area contributed by atoms with E-state index in [0.29, 0.717) is 5.95 Å². The summed E-state index contributed by atoms with van der Waals surface area (Å²) in [6, 6.07) is 1.95. The number of anilines is 1. The lowest BCUT2D eigenvalue weighted by Gasteiger charge is -2.05. The average molecular weight is 177 g/mol. The predicted octanol–water partition coefficient (Wildman–Crippen LogP) is 2.08. The van der Waals surface area contributed by atoms with Crippen LogP contribution in [0.15, 0.2) is 18.2 Å². The van der Waals surface area contributed by atoms with E-state index >= 15 is 0 Å². The molecule has 0 saturated heterocycles. The van der Waals surface area contributed by atoms with Crippen molar-refractivity contribution in [1.82, 2.24) is 9.97 Å². The average Bonchev–Trinajstić information content (AvgIpc) is 1.99. The van der Waals surface area contributed by atoms with Gasteiger partial charge in [0.05, 0.1) is 0 Å². The summed E-state index contributed by atoms with van der Waals surface area (Å²) in [4.78, 5) is 8.49. The highest BCUT2D eigenvalue weighted by molar-refractivity contribution is 5.29. The van der Waals surface area contributed by atoms with Gasteiger partial charge < -0.3 is 5.32 Å². The zero-order chi connectivity index (χ0) is 9.84. The molecule has 1 aromatic heterocycles. The molecule has 0 fully saturated rings. The Kier molecular flexibility index (Phi) is 3.01. The highest BCUT2D eigenvalue weighted by Crippen LogP contribution is 2.03. The Morgan fingerprint density at radius 2 is 1.92 bits per heavy atom. The van der Waals surface area contributed by atoms with Gasteiger partial charge in [0.25, 0.3) is 0 Å². The minimum absolute atomic E-state index is 0.681. The van der Waals surface area contributed by atoms with Gasteiger partial charge in [0, 0.05) is 17.9 Å². The number of nitrogens with one attached hydrogen (secondary N) is 1. The van der Waals surface area contributed by atoms with E-state index < -0.39 is 0 Å². The quantitative estimate of drug-likeness (QED) is 0.718. The Morgan fingerprint density at radius 3 is 2.38 bits per heavy atom. The summed E-state index contributed by atoms with van der Waals surface area (Å²) in [5.41, 5.74) is 3.04. The Balaban J connectivity index is 2.71. The predicted molar refractivity (Wildman–Crippen MR) is 54.8 cm³/mol. The third kappa shape index (κ3) is 3.23. The second-order valence-electron chi connectivity index (χ2n) is 3.28. The standard InChI is InChI=1S/C10H15N3/c1-7(2)6-11-10-12-8(3)5-9(4)13-10/h5H,1,6H2,2-4H3,(H,11,12,13). The first-order valence-corrected chi connectivity index (χ1v) is 4.28. The molecule has 1 rings (SSSR count). The van der Waals surface area contributed by atoms with Gasteiger partial charge in [-0.15, -0.1) is 0 Å². The fourth-order valence-electron chi connectivity index (χ4n) is 1.03. The van der Waals surface area contributed by atoms with Crippen LogP contribution < -0.4 is 5.32 Å². The third-order valence-corrected chi connectivity index (χ3v) is 1.53. The first-order chi connectivity index (χ1) is 6.08. The lowest BCUT2D eigenvalue weighted by Crippen LogP contribution is -2.07. The summed E-state index contributed by atoms with van der Waals surface area (Å²) in [6.07, 6.45) is 0. The first kappa shape index (κ1) is 9.71. The van der Waals surface area contributed by atoms with Crippen LogP contribution in [-0.2, 0) is 0 Å². The molecule has 0 saturated carbocycles. The minimum atomic E-state index is 0.681. The summed E-state index contributed by atoms with van der Waals surface area (Å²) in [6.45, 7) is 10.4. The largest absolute Gasteiger partial charge is 0.350 e. The van der Waals surface area contributed by atoms with Crippen LogP contribution in [0.25, 0.3) is 0 Å². The summed E-state index contributed by atoms with van der Waals surface area (Å²) in [5.74, 6) is 0.681. The number of aromatic nitrogens is 2. The zero-order valence-electron chi connectivity index (χ0n) is 8.39. The van der Waals surface area contributed by atoms with Gasteiger partial charge in [0.2, 0.25) is 5.95 Å². The molecule has 0 amide bonds. The molecule has 0 atom stereocenters. The Morgan fingerprint density at radius 1 is 1.38 bits per heavy atom. The van der Waals surface area contributed by atoms with Gasteiger partial charge in [-0.1, -0.05) is 12.2 Å². The lowest BCUT2D eigenvalue weighted by molar-refractivity contribution is 1.03. The zero-order valence-corrected chi connectivity index (χ0v) is 8.39. The second-order valence-corrected chi connectivity index (χ2v) is 3.28. The maximum atomic E-state index is 4.24. The van der Waals surface area contributed by atoms with Crippen LogP contribution in [0.1, 0.15) is 18.3 Å². The highest BCUT2D eigenvalue weighted by atomic mass is 15.1. The van der Waals surface area contributed by atoms with Crippen molar-refractivity contribution >= 4 is 5.95 Å². The van der Waals surface area contributed by atoms with E-state index in [9.17, 15) is 0 Å². The summed E-state index contributed by atoms with van der Waals surface area (Å²) in [5, 5.41) is 3.10. The van der Waals surface area contributed by atoms with Crippen molar-refractivity contribution in [1.29, 1.82) is 0 Å². The van der Waals surface area contributed by atoms with Gasteiger partial charge in [0.15, 0.2) is 0 Å². The molecule has 0 radical (unpaired) electrons. The molecule has 3 nitrogen and oxygen atoms in total. The van der Waals surface area contributed by atoms with E-state index in [0.717, 1.165) is 23.5 Å². The fourth-order valence-corrected chi connectivity index (χ4v) is 1.03. The molecule has 0 unspecified atom stereocenters. The van der Waals surface area contributed by atoms with Crippen LogP contribution >= 0.6 is 0 Å². The molecule has 1 aromatic rings. The first-order valence-electron chi connectivity index (χ1n) is 4.28. The molecule has 0 aromatic carbocycles. The van der Waals surface area contributed by atoms with Crippen molar-refractivity contribution in [2.24, 2.45) is 0 Å². The van der Waals surface area contributed by atoms with E-state index in [1.54, 1.807) is 0 Å². The monoisotopic (exact) mass is 177 g/mol. The van der Waals surface area contributed by atoms with E-state index in [1.165, 1.54) is 0 Å². The van der Waals surface area contributed by atoms with Crippen molar-refractivity contribution in [2.45, 2.75) is 20.8 Å².